The van der Waals surface area contributed by atoms with Crippen LogP contribution >= 0.6 is 39.1 Å². The number of nitrogens with one attached hydrogen (secondary N) is 1. The zero-order valence-corrected chi connectivity index (χ0v) is 12.6. The van der Waals surface area contributed by atoms with Crippen LogP contribution in [0.5, 0.6) is 5.75 Å². The predicted molar refractivity (Wildman–Crippen MR) is 80.2 cm³/mol. The van der Waals surface area contributed by atoms with Gasteiger partial charge in [0.1, 0.15) is 0 Å². The number of halogens is 3. The van der Waals surface area contributed by atoms with Crippen molar-refractivity contribution in [3.8, 4) is 5.75 Å². The van der Waals surface area contributed by atoms with E-state index in [0.29, 0.717) is 10.6 Å². The molecule has 0 aromatic heterocycles. The van der Waals surface area contributed by atoms with Gasteiger partial charge in [0.25, 0.3) is 5.91 Å². The van der Waals surface area contributed by atoms with Gasteiger partial charge < -0.3 is 10.4 Å². The number of phenolic OH excluding ortho intramolecular Hbond substituents is 1. The number of benzene rings is 2. The van der Waals surface area contributed by atoms with Crippen molar-refractivity contribution in [2.45, 2.75) is 0 Å². The minimum absolute atomic E-state index is 0.0820. The van der Waals surface area contributed by atoms with Crippen LogP contribution in [0.15, 0.2) is 40.9 Å². The maximum absolute atomic E-state index is 12.0. The van der Waals surface area contributed by atoms with Gasteiger partial charge >= 0.3 is 0 Å². The Morgan fingerprint density at radius 1 is 1.16 bits per heavy atom. The van der Waals surface area contributed by atoms with Crippen molar-refractivity contribution in [1.29, 1.82) is 0 Å². The van der Waals surface area contributed by atoms with E-state index in [4.69, 9.17) is 23.2 Å². The second kappa shape index (κ2) is 5.82. The lowest BCUT2D eigenvalue weighted by atomic mass is 10.2. The quantitative estimate of drug-likeness (QED) is 0.761. The molecule has 2 rings (SSSR count). The molecule has 6 heteroatoms. The van der Waals surface area contributed by atoms with Crippen molar-refractivity contribution in [1.82, 2.24) is 0 Å². The van der Waals surface area contributed by atoms with Crippen molar-refractivity contribution in [3.63, 3.8) is 0 Å². The number of amides is 1. The second-order valence-corrected chi connectivity index (χ2v) is 5.50. The molecule has 0 atom stereocenters. The molecule has 0 heterocycles. The van der Waals surface area contributed by atoms with Gasteiger partial charge in [-0.15, -0.1) is 0 Å². The Hall–Kier alpha value is -1.23. The summed E-state index contributed by atoms with van der Waals surface area (Å²) in [6.07, 6.45) is 0. The van der Waals surface area contributed by atoms with E-state index < -0.39 is 0 Å². The molecule has 0 aliphatic carbocycles. The Labute approximate surface area is 128 Å². The lowest BCUT2D eigenvalue weighted by Gasteiger charge is -2.09. The first-order valence-electron chi connectivity index (χ1n) is 5.22. The van der Waals surface area contributed by atoms with E-state index >= 15 is 0 Å². The average Bonchev–Trinajstić information content (AvgIpc) is 2.36. The van der Waals surface area contributed by atoms with Crippen LogP contribution in [0.1, 0.15) is 10.4 Å². The Morgan fingerprint density at radius 2 is 1.79 bits per heavy atom. The van der Waals surface area contributed by atoms with E-state index in [0.717, 1.165) is 4.47 Å². The van der Waals surface area contributed by atoms with Gasteiger partial charge in [0.15, 0.2) is 5.75 Å². The highest BCUT2D eigenvalue weighted by Crippen LogP contribution is 2.35. The second-order valence-electron chi connectivity index (χ2n) is 3.74. The highest BCUT2D eigenvalue weighted by Gasteiger charge is 2.12. The molecule has 3 nitrogen and oxygen atoms in total. The van der Waals surface area contributed by atoms with Gasteiger partial charge in [-0.2, -0.15) is 0 Å². The highest BCUT2D eigenvalue weighted by atomic mass is 79.9. The third kappa shape index (κ3) is 3.41. The van der Waals surface area contributed by atoms with Gasteiger partial charge in [-0.3, -0.25) is 4.79 Å². The van der Waals surface area contributed by atoms with Gasteiger partial charge in [0, 0.05) is 15.1 Å². The van der Waals surface area contributed by atoms with Crippen molar-refractivity contribution in [3.05, 3.63) is 56.5 Å². The van der Waals surface area contributed by atoms with Crippen LogP contribution in [0.3, 0.4) is 0 Å². The van der Waals surface area contributed by atoms with E-state index in [-0.39, 0.29) is 22.4 Å². The molecule has 1 amide bonds. The molecule has 0 bridgehead atoms. The fraction of sp³-hybridized carbons (Fsp3) is 0. The molecule has 2 aromatic carbocycles. The van der Waals surface area contributed by atoms with Gasteiger partial charge in [-0.05, 0) is 36.4 Å². The number of hydrogen-bond donors (Lipinski definition) is 2. The minimum atomic E-state index is -0.360. The molecule has 0 saturated heterocycles. The zero-order valence-electron chi connectivity index (χ0n) is 9.45. The number of rotatable bonds is 2. The Bertz CT molecular complexity index is 629. The molecule has 0 unspecified atom stereocenters. The summed E-state index contributed by atoms with van der Waals surface area (Å²) in [7, 11) is 0. The largest absolute Gasteiger partial charge is 0.504 e. The first-order chi connectivity index (χ1) is 8.97. The molecule has 0 saturated carbocycles. The standard InChI is InChI=1S/C13H8BrCl2NO2/c14-8-3-1-7(2-4-8)13(19)17-11-6-9(15)5-10(16)12(11)18/h1-6,18H,(H,17,19). The van der Waals surface area contributed by atoms with E-state index in [1.807, 2.05) is 0 Å². The van der Waals surface area contributed by atoms with E-state index in [2.05, 4.69) is 21.2 Å². The summed E-state index contributed by atoms with van der Waals surface area (Å²) in [5, 5.41) is 12.7. The third-order valence-electron chi connectivity index (χ3n) is 2.38. The number of aromatic hydroxyl groups is 1. The lowest BCUT2D eigenvalue weighted by molar-refractivity contribution is 0.102. The fourth-order valence-corrected chi connectivity index (χ4v) is 2.21. The van der Waals surface area contributed by atoms with Crippen LogP contribution in [0, 0.1) is 0 Å². The summed E-state index contributed by atoms with van der Waals surface area (Å²) in [4.78, 5) is 12.0. The van der Waals surface area contributed by atoms with E-state index in [9.17, 15) is 9.90 Å². The van der Waals surface area contributed by atoms with Gasteiger partial charge in [0.2, 0.25) is 0 Å². The first kappa shape index (κ1) is 14.2. The third-order valence-corrected chi connectivity index (χ3v) is 3.42. The highest BCUT2D eigenvalue weighted by molar-refractivity contribution is 9.10. The molecular weight excluding hydrogens is 353 g/mol. The Morgan fingerprint density at radius 3 is 2.42 bits per heavy atom. The van der Waals surface area contributed by atoms with Crippen LogP contribution in [-0.2, 0) is 0 Å². The monoisotopic (exact) mass is 359 g/mol. The van der Waals surface area contributed by atoms with Crippen LogP contribution in [-0.4, -0.2) is 11.0 Å². The summed E-state index contributed by atoms with van der Waals surface area (Å²) in [5.74, 6) is -0.572. The van der Waals surface area contributed by atoms with Crippen LogP contribution in [0.4, 0.5) is 5.69 Å². The summed E-state index contributed by atoms with van der Waals surface area (Å²) in [6, 6.07) is 9.64. The molecule has 98 valence electrons. The molecule has 0 aliphatic heterocycles. The van der Waals surface area contributed by atoms with Crippen molar-refractivity contribution >= 4 is 50.7 Å². The summed E-state index contributed by atoms with van der Waals surface area (Å²) < 4.78 is 0.873. The molecule has 0 fully saturated rings. The summed E-state index contributed by atoms with van der Waals surface area (Å²) >= 11 is 14.9. The van der Waals surface area contributed by atoms with Crippen molar-refractivity contribution < 1.29 is 9.90 Å². The van der Waals surface area contributed by atoms with E-state index in [1.54, 1.807) is 24.3 Å². The van der Waals surface area contributed by atoms with Crippen molar-refractivity contribution in [2.75, 3.05) is 5.32 Å². The normalized spacial score (nSPS) is 10.3. The van der Waals surface area contributed by atoms with Crippen LogP contribution < -0.4 is 5.32 Å². The van der Waals surface area contributed by atoms with Crippen LogP contribution in [0.2, 0.25) is 10.0 Å². The minimum Gasteiger partial charge on any atom is -0.504 e. The number of carbonyl (C=O) groups excluding carboxylic acids is 1. The van der Waals surface area contributed by atoms with Crippen molar-refractivity contribution in [2.24, 2.45) is 0 Å². The predicted octanol–water partition coefficient (Wildman–Crippen LogP) is 4.71. The van der Waals surface area contributed by atoms with Crippen LogP contribution in [0.25, 0.3) is 0 Å². The summed E-state index contributed by atoms with van der Waals surface area (Å²) in [5.41, 5.74) is 0.629. The molecule has 2 aromatic rings. The Kier molecular flexibility index (Phi) is 4.34. The number of anilines is 1. The number of carbonyl (C=O) groups is 1. The fourth-order valence-electron chi connectivity index (χ4n) is 1.46. The van der Waals surface area contributed by atoms with Gasteiger partial charge in [0.05, 0.1) is 10.7 Å². The first-order valence-corrected chi connectivity index (χ1v) is 6.77. The molecule has 2 N–H and O–H groups in total. The van der Waals surface area contributed by atoms with Gasteiger partial charge in [-0.1, -0.05) is 39.1 Å². The average molecular weight is 361 g/mol. The van der Waals surface area contributed by atoms with Gasteiger partial charge in [-0.25, -0.2) is 0 Å². The summed E-state index contributed by atoms with van der Waals surface area (Å²) in [6.45, 7) is 0. The molecule has 0 aliphatic rings. The maximum Gasteiger partial charge on any atom is 0.255 e. The molecule has 0 radical (unpaired) electrons. The SMILES string of the molecule is O=C(Nc1cc(Cl)cc(Cl)c1O)c1ccc(Br)cc1. The molecule has 0 spiro atoms. The molecular formula is C13H8BrCl2NO2. The maximum atomic E-state index is 12.0. The number of phenols is 1. The lowest BCUT2D eigenvalue weighted by Crippen LogP contribution is -2.11. The molecule has 19 heavy (non-hydrogen) atoms. The van der Waals surface area contributed by atoms with E-state index in [1.165, 1.54) is 12.1 Å². The Balaban J connectivity index is 2.26. The smallest absolute Gasteiger partial charge is 0.255 e. The zero-order chi connectivity index (χ0) is 14.0. The number of hydrogen-bond acceptors (Lipinski definition) is 2. The topological polar surface area (TPSA) is 49.3 Å².